The number of carboxylic acid groups (broad SMARTS) is 1. The van der Waals surface area contributed by atoms with Crippen molar-refractivity contribution in [1.82, 2.24) is 15.0 Å². The number of amides is 1. The lowest BCUT2D eigenvalue weighted by molar-refractivity contribution is -0.145. The first-order chi connectivity index (χ1) is 18.5. The highest BCUT2D eigenvalue weighted by atomic mass is 32.2. The summed E-state index contributed by atoms with van der Waals surface area (Å²) < 4.78 is 71.1. The third-order valence-electron chi connectivity index (χ3n) is 7.21. The molecule has 0 saturated heterocycles. The molecule has 2 aromatic rings. The molecular weight excluding hydrogens is 567 g/mol. The first-order valence-electron chi connectivity index (χ1n) is 13.3. The molecule has 1 amide bonds. The largest absolute Gasteiger partial charge is 0.481 e. The number of aliphatic carboxylic acids is 1. The molecule has 0 bridgehead atoms. The fraction of sp³-hybridized carbons (Fsp3) is 0.593. The van der Waals surface area contributed by atoms with Crippen LogP contribution < -0.4 is 10.0 Å². The fourth-order valence-electron chi connectivity index (χ4n) is 5.23. The van der Waals surface area contributed by atoms with Crippen LogP contribution in [0.1, 0.15) is 86.8 Å². The summed E-state index contributed by atoms with van der Waals surface area (Å²) in [5.41, 5.74) is -1.85. The molecular formula is C27H34F3N3O5S2. The van der Waals surface area contributed by atoms with Crippen molar-refractivity contribution in [3.8, 4) is 10.4 Å². The number of rotatable bonds is 8. The average Bonchev–Trinajstić information content (AvgIpc) is 3.22. The average molecular weight is 602 g/mol. The zero-order valence-corrected chi connectivity index (χ0v) is 24.2. The van der Waals surface area contributed by atoms with Crippen molar-refractivity contribution in [2.45, 2.75) is 94.8 Å². The first kappa shape index (κ1) is 30.4. The Morgan fingerprint density at radius 3 is 2.33 bits per heavy atom. The second kappa shape index (κ2) is 11.4. The van der Waals surface area contributed by atoms with E-state index < -0.39 is 50.0 Å². The molecule has 0 unspecified atom stereocenters. The second-order valence-corrected chi connectivity index (χ2v) is 14.4. The van der Waals surface area contributed by atoms with Crippen LogP contribution in [0.4, 0.5) is 13.2 Å². The maximum Gasteiger partial charge on any atom is 0.417 e. The van der Waals surface area contributed by atoms with Gasteiger partial charge in [-0.3, -0.25) is 9.59 Å². The molecule has 1 aromatic heterocycles. The van der Waals surface area contributed by atoms with Gasteiger partial charge < -0.3 is 10.4 Å². The van der Waals surface area contributed by atoms with Crippen LogP contribution in [0.15, 0.2) is 23.1 Å². The number of carboxylic acids is 1. The van der Waals surface area contributed by atoms with E-state index in [9.17, 15) is 31.2 Å². The number of benzene rings is 1. The van der Waals surface area contributed by atoms with Gasteiger partial charge in [-0.2, -0.15) is 13.2 Å². The maximum absolute atomic E-state index is 14.4. The summed E-state index contributed by atoms with van der Waals surface area (Å²) in [5.74, 6) is -1.80. The van der Waals surface area contributed by atoms with Gasteiger partial charge in [0.15, 0.2) is 5.01 Å². The monoisotopic (exact) mass is 601 g/mol. The highest BCUT2D eigenvalue weighted by Crippen LogP contribution is 2.43. The molecule has 0 aliphatic heterocycles. The molecule has 8 nitrogen and oxygen atoms in total. The minimum Gasteiger partial charge on any atom is -0.481 e. The number of nitrogens with one attached hydrogen (secondary N) is 2. The molecule has 3 N–H and O–H groups in total. The van der Waals surface area contributed by atoms with Crippen molar-refractivity contribution in [3.05, 3.63) is 34.5 Å². The molecule has 13 heteroatoms. The van der Waals surface area contributed by atoms with Crippen LogP contribution in [0.2, 0.25) is 0 Å². The van der Waals surface area contributed by atoms with Crippen LogP contribution >= 0.6 is 11.3 Å². The van der Waals surface area contributed by atoms with Gasteiger partial charge in [-0.1, -0.05) is 38.2 Å². The van der Waals surface area contributed by atoms with E-state index in [4.69, 9.17) is 5.11 Å². The molecule has 1 heterocycles. The van der Waals surface area contributed by atoms with Crippen LogP contribution in [0.25, 0.3) is 10.4 Å². The van der Waals surface area contributed by atoms with Gasteiger partial charge in [-0.05, 0) is 58.1 Å². The van der Waals surface area contributed by atoms with E-state index in [0.29, 0.717) is 18.2 Å². The molecule has 0 atom stereocenters. The Kier molecular flexibility index (Phi) is 8.68. The SMILES string of the molecule is CC(C)(C)NS(=O)(=O)c1ccc(-c2sc(C(=O)NC3CC(C(=O)O)C3)nc2CC2CCCCC2)c(C(F)(F)F)c1. The van der Waals surface area contributed by atoms with Crippen LogP contribution in [-0.2, 0) is 27.4 Å². The van der Waals surface area contributed by atoms with Gasteiger partial charge in [0, 0.05) is 17.1 Å². The Morgan fingerprint density at radius 2 is 1.75 bits per heavy atom. The van der Waals surface area contributed by atoms with Crippen LogP contribution in [0.5, 0.6) is 0 Å². The number of nitrogens with zero attached hydrogens (tertiary/aromatic N) is 1. The Bertz CT molecular complexity index is 1370. The van der Waals surface area contributed by atoms with E-state index in [1.165, 1.54) is 0 Å². The number of carbonyl (C=O) groups is 2. The molecule has 2 fully saturated rings. The zero-order chi connectivity index (χ0) is 29.5. The minimum atomic E-state index is -4.87. The Labute approximate surface area is 235 Å². The zero-order valence-electron chi connectivity index (χ0n) is 22.6. The van der Waals surface area contributed by atoms with Gasteiger partial charge in [0.2, 0.25) is 10.0 Å². The lowest BCUT2D eigenvalue weighted by Gasteiger charge is -2.32. The lowest BCUT2D eigenvalue weighted by atomic mass is 9.80. The van der Waals surface area contributed by atoms with E-state index in [1.54, 1.807) is 20.8 Å². The molecule has 220 valence electrons. The van der Waals surface area contributed by atoms with E-state index in [2.05, 4.69) is 15.0 Å². The topological polar surface area (TPSA) is 125 Å². The molecule has 2 aliphatic rings. The lowest BCUT2D eigenvalue weighted by Crippen LogP contribution is -2.46. The van der Waals surface area contributed by atoms with Gasteiger partial charge in [0.05, 0.1) is 26.9 Å². The van der Waals surface area contributed by atoms with E-state index in [-0.39, 0.29) is 40.2 Å². The Hall–Kier alpha value is -2.51. The molecule has 0 spiro atoms. The van der Waals surface area contributed by atoms with Crippen molar-refractivity contribution >= 4 is 33.2 Å². The van der Waals surface area contributed by atoms with Crippen LogP contribution in [-0.4, -0.2) is 42.0 Å². The van der Waals surface area contributed by atoms with Gasteiger partial charge in [-0.25, -0.2) is 18.1 Å². The fourth-order valence-corrected chi connectivity index (χ4v) is 7.71. The number of aromatic nitrogens is 1. The smallest absolute Gasteiger partial charge is 0.417 e. The van der Waals surface area contributed by atoms with Gasteiger partial charge >= 0.3 is 12.1 Å². The molecule has 40 heavy (non-hydrogen) atoms. The number of halogens is 3. The highest BCUT2D eigenvalue weighted by Gasteiger charge is 2.38. The maximum atomic E-state index is 14.4. The van der Waals surface area contributed by atoms with E-state index in [1.807, 2.05) is 0 Å². The number of thiazole rings is 1. The Morgan fingerprint density at radius 1 is 1.10 bits per heavy atom. The van der Waals surface area contributed by atoms with Crippen molar-refractivity contribution in [2.24, 2.45) is 11.8 Å². The number of alkyl halides is 3. The second-order valence-electron chi connectivity index (χ2n) is 11.7. The summed E-state index contributed by atoms with van der Waals surface area (Å²) >= 11 is 0.842. The molecule has 1 aromatic carbocycles. The van der Waals surface area contributed by atoms with Gasteiger partial charge in [0.25, 0.3) is 5.91 Å². The number of carbonyl (C=O) groups excluding carboxylic acids is 1. The van der Waals surface area contributed by atoms with Gasteiger partial charge in [-0.15, -0.1) is 11.3 Å². The van der Waals surface area contributed by atoms with Crippen molar-refractivity contribution in [1.29, 1.82) is 0 Å². The number of hydrogen-bond donors (Lipinski definition) is 3. The number of sulfonamides is 1. The van der Waals surface area contributed by atoms with E-state index in [0.717, 1.165) is 55.6 Å². The summed E-state index contributed by atoms with van der Waals surface area (Å²) in [6.45, 7) is 4.78. The predicted molar refractivity (Wildman–Crippen MR) is 145 cm³/mol. The van der Waals surface area contributed by atoms with Crippen LogP contribution in [0.3, 0.4) is 0 Å². The quantitative estimate of drug-likeness (QED) is 0.361. The summed E-state index contributed by atoms with van der Waals surface area (Å²) in [6, 6.07) is 2.58. The summed E-state index contributed by atoms with van der Waals surface area (Å²) in [4.78, 5) is 28.2. The van der Waals surface area contributed by atoms with Gasteiger partial charge in [0.1, 0.15) is 0 Å². The molecule has 2 saturated carbocycles. The highest BCUT2D eigenvalue weighted by molar-refractivity contribution is 7.89. The normalized spacial score (nSPS) is 20.6. The molecule has 0 radical (unpaired) electrons. The van der Waals surface area contributed by atoms with Crippen molar-refractivity contribution in [3.63, 3.8) is 0 Å². The third-order valence-corrected chi connectivity index (χ3v) is 10.1. The first-order valence-corrected chi connectivity index (χ1v) is 15.6. The third kappa shape index (κ3) is 7.22. The standard InChI is InChI=1S/C27H34F3N3O5S2/c1-26(2,3)33-40(37,38)18-9-10-19(20(14-18)27(28,29)30)22-21(11-15-7-5-4-6-8-15)32-24(39-22)23(34)31-17-12-16(13-17)25(35)36/h9-10,14-17,33H,4-8,11-13H2,1-3H3,(H,31,34)(H,35,36). The molecule has 2 aliphatic carbocycles. The van der Waals surface area contributed by atoms with Crippen molar-refractivity contribution < 1.29 is 36.3 Å². The summed E-state index contributed by atoms with van der Waals surface area (Å²) in [6.07, 6.45) is 1.08. The van der Waals surface area contributed by atoms with Crippen molar-refractivity contribution in [2.75, 3.05) is 0 Å². The van der Waals surface area contributed by atoms with E-state index >= 15 is 0 Å². The number of hydrogen-bond acceptors (Lipinski definition) is 6. The van der Waals surface area contributed by atoms with Crippen LogP contribution in [0, 0.1) is 11.8 Å². The minimum absolute atomic E-state index is 0.00111. The summed E-state index contributed by atoms with van der Waals surface area (Å²) in [7, 11) is -4.23. The predicted octanol–water partition coefficient (Wildman–Crippen LogP) is 5.62. The Balaban J connectivity index is 1.72. The molecule has 4 rings (SSSR count). The summed E-state index contributed by atoms with van der Waals surface area (Å²) in [5, 5.41) is 11.8.